The zero-order valence-corrected chi connectivity index (χ0v) is 22.4. The first-order valence-electron chi connectivity index (χ1n) is 11.9. The van der Waals surface area contributed by atoms with Crippen LogP contribution < -0.4 is 16.0 Å². The van der Waals surface area contributed by atoms with Gasteiger partial charge in [-0.15, -0.1) is 11.8 Å². The summed E-state index contributed by atoms with van der Waals surface area (Å²) in [5, 5.41) is 7.93. The van der Waals surface area contributed by atoms with Crippen LogP contribution >= 0.6 is 23.4 Å². The fourth-order valence-corrected chi connectivity index (χ4v) is 4.39. The number of hydrogen-bond acceptors (Lipinski definition) is 4. The van der Waals surface area contributed by atoms with E-state index >= 15 is 0 Å². The molecule has 0 spiro atoms. The number of nitrogens with one attached hydrogen (secondary N) is 3. The minimum Gasteiger partial charge on any atom is -0.325 e. The van der Waals surface area contributed by atoms with Crippen molar-refractivity contribution in [2.75, 3.05) is 16.4 Å². The van der Waals surface area contributed by atoms with E-state index in [-0.39, 0.29) is 22.4 Å². The lowest BCUT2D eigenvalue weighted by Crippen LogP contribution is -2.30. The van der Waals surface area contributed by atoms with Gasteiger partial charge in [-0.25, -0.2) is 8.78 Å². The van der Waals surface area contributed by atoms with Gasteiger partial charge in [-0.1, -0.05) is 48.0 Å². The number of halogens is 3. The Morgan fingerprint density at radius 3 is 2.25 bits per heavy atom. The quantitative estimate of drug-likeness (QED) is 0.152. The molecule has 202 valence electrons. The Bertz CT molecular complexity index is 1560. The van der Waals surface area contributed by atoms with Crippen LogP contribution in [0, 0.1) is 11.6 Å². The van der Waals surface area contributed by atoms with Crippen LogP contribution in [0.5, 0.6) is 0 Å². The molecule has 0 heterocycles. The molecule has 0 aliphatic rings. The maximum absolute atomic E-state index is 13.4. The van der Waals surface area contributed by atoms with Gasteiger partial charge in [0.2, 0.25) is 5.91 Å². The van der Waals surface area contributed by atoms with E-state index < -0.39 is 23.4 Å². The average Bonchev–Trinajstić information content (AvgIpc) is 2.95. The van der Waals surface area contributed by atoms with E-state index in [4.69, 9.17) is 11.6 Å². The molecule has 3 N–H and O–H groups in total. The third-order valence-electron chi connectivity index (χ3n) is 5.38. The molecule has 0 fully saturated rings. The monoisotopic (exact) mass is 577 g/mol. The van der Waals surface area contributed by atoms with Crippen LogP contribution in [0.1, 0.15) is 15.9 Å². The molecule has 4 aromatic rings. The Balaban J connectivity index is 1.44. The molecule has 0 aromatic heterocycles. The zero-order chi connectivity index (χ0) is 28.5. The molecule has 0 saturated heterocycles. The smallest absolute Gasteiger partial charge is 0.272 e. The van der Waals surface area contributed by atoms with Gasteiger partial charge in [-0.2, -0.15) is 0 Å². The molecule has 0 saturated carbocycles. The van der Waals surface area contributed by atoms with Gasteiger partial charge < -0.3 is 16.0 Å². The van der Waals surface area contributed by atoms with Crippen molar-refractivity contribution >= 4 is 58.5 Å². The molecule has 4 aromatic carbocycles. The van der Waals surface area contributed by atoms with Crippen molar-refractivity contribution in [1.82, 2.24) is 5.32 Å². The van der Waals surface area contributed by atoms with Crippen LogP contribution in [0.15, 0.2) is 108 Å². The number of benzene rings is 4. The summed E-state index contributed by atoms with van der Waals surface area (Å²) in [7, 11) is 0. The Morgan fingerprint density at radius 2 is 1.52 bits per heavy atom. The predicted molar refractivity (Wildman–Crippen MR) is 154 cm³/mol. The Kier molecular flexibility index (Phi) is 9.66. The summed E-state index contributed by atoms with van der Waals surface area (Å²) in [6.07, 6.45) is 1.44. The number of amides is 3. The summed E-state index contributed by atoms with van der Waals surface area (Å²) >= 11 is 6.98. The summed E-state index contributed by atoms with van der Waals surface area (Å²) < 4.78 is 26.7. The maximum Gasteiger partial charge on any atom is 0.272 e. The second-order valence-corrected chi connectivity index (χ2v) is 9.83. The van der Waals surface area contributed by atoms with Gasteiger partial charge in [0.1, 0.15) is 17.3 Å². The van der Waals surface area contributed by atoms with Gasteiger partial charge in [-0.3, -0.25) is 14.4 Å². The fraction of sp³-hybridized carbons (Fsp3) is 0.0333. The van der Waals surface area contributed by atoms with E-state index in [1.807, 2.05) is 0 Å². The number of hydrogen-bond donors (Lipinski definition) is 3. The Hall–Kier alpha value is -4.47. The Labute approximate surface area is 238 Å². The minimum absolute atomic E-state index is 0.0455. The molecule has 0 bridgehead atoms. The molecular formula is C30H22ClF2N3O3S. The lowest BCUT2D eigenvalue weighted by Gasteiger charge is -2.12. The molecule has 3 amide bonds. The molecule has 10 heteroatoms. The van der Waals surface area contributed by atoms with Gasteiger partial charge in [0.15, 0.2) is 0 Å². The van der Waals surface area contributed by atoms with Crippen LogP contribution in [-0.2, 0) is 9.59 Å². The van der Waals surface area contributed by atoms with Crippen molar-refractivity contribution < 1.29 is 23.2 Å². The van der Waals surface area contributed by atoms with Crippen molar-refractivity contribution in [2.24, 2.45) is 0 Å². The highest BCUT2D eigenvalue weighted by Gasteiger charge is 2.16. The SMILES string of the molecule is O=C(CSc1cccc(NC(=O)/C(=C/c2ccc(F)cc2)NC(=O)c2ccccc2)c1)Nc1ccc(F)c(Cl)c1. The van der Waals surface area contributed by atoms with Crippen LogP contribution in [0.2, 0.25) is 5.02 Å². The predicted octanol–water partition coefficient (Wildman–Crippen LogP) is 6.76. The highest BCUT2D eigenvalue weighted by Crippen LogP contribution is 2.24. The van der Waals surface area contributed by atoms with Crippen molar-refractivity contribution in [3.63, 3.8) is 0 Å². The molecule has 0 atom stereocenters. The number of carbonyl (C=O) groups excluding carboxylic acids is 3. The van der Waals surface area contributed by atoms with Gasteiger partial charge >= 0.3 is 0 Å². The summed E-state index contributed by atoms with van der Waals surface area (Å²) in [6.45, 7) is 0. The standard InChI is InChI=1S/C30H22ClF2N3O3S/c31-25-17-23(13-14-26(25)33)34-28(37)18-40-24-8-4-7-22(16-24)35-30(39)27(15-19-9-11-21(32)12-10-19)36-29(38)20-5-2-1-3-6-20/h1-17H,18H2,(H,34,37)(H,35,39)(H,36,38)/b27-15-. The second kappa shape index (κ2) is 13.5. The van der Waals surface area contributed by atoms with E-state index in [9.17, 15) is 23.2 Å². The van der Waals surface area contributed by atoms with Crippen LogP contribution in [0.4, 0.5) is 20.2 Å². The molecule has 0 radical (unpaired) electrons. The van der Waals surface area contributed by atoms with E-state index in [1.165, 1.54) is 54.2 Å². The molecule has 0 aliphatic heterocycles. The highest BCUT2D eigenvalue weighted by atomic mass is 35.5. The van der Waals surface area contributed by atoms with E-state index in [1.54, 1.807) is 54.6 Å². The first-order valence-corrected chi connectivity index (χ1v) is 13.3. The zero-order valence-electron chi connectivity index (χ0n) is 20.8. The van der Waals surface area contributed by atoms with Gasteiger partial charge in [-0.05, 0) is 72.3 Å². The third-order valence-corrected chi connectivity index (χ3v) is 6.66. The number of thioether (sulfide) groups is 1. The second-order valence-electron chi connectivity index (χ2n) is 8.38. The van der Waals surface area contributed by atoms with Crippen molar-refractivity contribution in [2.45, 2.75) is 4.90 Å². The van der Waals surface area contributed by atoms with E-state index in [0.29, 0.717) is 27.4 Å². The highest BCUT2D eigenvalue weighted by molar-refractivity contribution is 8.00. The first kappa shape index (κ1) is 28.5. The Morgan fingerprint density at radius 1 is 0.800 bits per heavy atom. The van der Waals surface area contributed by atoms with Crippen molar-refractivity contribution in [1.29, 1.82) is 0 Å². The largest absolute Gasteiger partial charge is 0.325 e. The van der Waals surface area contributed by atoms with E-state index in [2.05, 4.69) is 16.0 Å². The molecule has 0 unspecified atom stereocenters. The fourth-order valence-electron chi connectivity index (χ4n) is 3.45. The topological polar surface area (TPSA) is 87.3 Å². The number of carbonyl (C=O) groups is 3. The molecule has 40 heavy (non-hydrogen) atoms. The third kappa shape index (κ3) is 8.26. The number of anilines is 2. The van der Waals surface area contributed by atoms with Crippen molar-refractivity contribution in [3.05, 3.63) is 131 Å². The molecule has 0 aliphatic carbocycles. The lowest BCUT2D eigenvalue weighted by molar-refractivity contribution is -0.114. The maximum atomic E-state index is 13.4. The van der Waals surface area contributed by atoms with Crippen LogP contribution in [0.25, 0.3) is 6.08 Å². The van der Waals surface area contributed by atoms with E-state index in [0.717, 1.165) is 6.07 Å². The van der Waals surface area contributed by atoms with Crippen LogP contribution in [0.3, 0.4) is 0 Å². The lowest BCUT2D eigenvalue weighted by atomic mass is 10.1. The minimum atomic E-state index is -0.596. The van der Waals surface area contributed by atoms with Crippen molar-refractivity contribution in [3.8, 4) is 0 Å². The molecule has 6 nitrogen and oxygen atoms in total. The normalized spacial score (nSPS) is 11.0. The first-order chi connectivity index (χ1) is 19.3. The van der Waals surface area contributed by atoms with Crippen LogP contribution in [-0.4, -0.2) is 23.5 Å². The number of rotatable bonds is 9. The molecular weight excluding hydrogens is 556 g/mol. The molecule has 4 rings (SSSR count). The van der Waals surface area contributed by atoms with Gasteiger partial charge in [0.25, 0.3) is 11.8 Å². The summed E-state index contributed by atoms with van der Waals surface area (Å²) in [5.74, 6) is -2.36. The van der Waals surface area contributed by atoms with Gasteiger partial charge in [0, 0.05) is 21.8 Å². The summed E-state index contributed by atoms with van der Waals surface area (Å²) in [4.78, 5) is 39.0. The summed E-state index contributed by atoms with van der Waals surface area (Å²) in [5.41, 5.74) is 1.63. The summed E-state index contributed by atoms with van der Waals surface area (Å²) in [6, 6.07) is 24.6. The van der Waals surface area contributed by atoms with Gasteiger partial charge in [0.05, 0.1) is 10.8 Å². The average molecular weight is 578 g/mol.